The monoisotopic (exact) mass is 585 g/mol. The maximum absolute atomic E-state index is 13.7. The van der Waals surface area contributed by atoms with Crippen molar-refractivity contribution in [3.63, 3.8) is 0 Å². The fourth-order valence-corrected chi connectivity index (χ4v) is 5.27. The van der Waals surface area contributed by atoms with Crippen LogP contribution < -0.4 is 15.4 Å². The second-order valence-corrected chi connectivity index (χ2v) is 10.6. The summed E-state index contributed by atoms with van der Waals surface area (Å²) >= 11 is 14.2. The van der Waals surface area contributed by atoms with Crippen molar-refractivity contribution in [1.82, 2.24) is 20.1 Å². The van der Waals surface area contributed by atoms with Crippen LogP contribution in [-0.2, 0) is 4.74 Å². The molecule has 1 aliphatic heterocycles. The predicted molar refractivity (Wildman–Crippen MR) is 151 cm³/mol. The average molecular weight is 587 g/mol. The van der Waals surface area contributed by atoms with E-state index in [9.17, 15) is 9.59 Å². The lowest BCUT2D eigenvalue weighted by Gasteiger charge is -2.22. The molecule has 0 bridgehead atoms. The van der Waals surface area contributed by atoms with Gasteiger partial charge in [-0.05, 0) is 67.0 Å². The van der Waals surface area contributed by atoms with E-state index >= 15 is 0 Å². The number of benzene rings is 1. The van der Waals surface area contributed by atoms with Crippen molar-refractivity contribution in [3.8, 4) is 17.4 Å². The number of aryl methyl sites for hydroxylation is 1. The number of rotatable bonds is 8. The Bertz CT molecular complexity index is 1490. The van der Waals surface area contributed by atoms with Crippen LogP contribution in [0.2, 0.25) is 10.0 Å². The van der Waals surface area contributed by atoms with Crippen molar-refractivity contribution in [2.24, 2.45) is 5.92 Å². The van der Waals surface area contributed by atoms with Crippen LogP contribution in [0, 0.1) is 12.8 Å². The maximum Gasteiger partial charge on any atom is 0.274 e. The molecular weight excluding hydrogens is 561 g/mol. The van der Waals surface area contributed by atoms with Gasteiger partial charge in [0.2, 0.25) is 5.88 Å². The molecule has 0 saturated carbocycles. The average Bonchev–Trinajstić information content (AvgIpc) is 3.60. The number of thiophene rings is 1. The SMILES string of the molecule is Cc1cc(Cl)cc(C(=O)NCC2CCOCC2)c1NC(=O)c1cc(Oc2ccsc2)nn1-c1ncccc1Cl. The number of nitrogens with zero attached hydrogens (tertiary/aromatic N) is 3. The highest BCUT2D eigenvalue weighted by Crippen LogP contribution is 2.30. The standard InChI is InChI=1S/C27H25Cl2N5O4S/c1-16-11-18(28)12-20(26(35)31-14-17-4-8-37-9-5-17)24(16)32-27(36)22-13-23(38-19-6-10-39-15-19)33-34(22)25-21(29)3-2-7-30-25/h2-3,6-7,10-13,15,17H,4-5,8-9,14H2,1H3,(H,31,35)(H,32,36). The molecule has 0 aliphatic carbocycles. The van der Waals surface area contributed by atoms with Crippen LogP contribution in [0.4, 0.5) is 5.69 Å². The molecule has 202 valence electrons. The number of pyridine rings is 1. The lowest BCUT2D eigenvalue weighted by Crippen LogP contribution is -2.33. The molecule has 12 heteroatoms. The van der Waals surface area contributed by atoms with Crippen molar-refractivity contribution >= 4 is 52.0 Å². The first-order valence-corrected chi connectivity index (χ1v) is 14.0. The molecule has 0 atom stereocenters. The number of amides is 2. The molecule has 0 unspecified atom stereocenters. The zero-order valence-electron chi connectivity index (χ0n) is 20.9. The summed E-state index contributed by atoms with van der Waals surface area (Å²) in [4.78, 5) is 31.2. The number of carbonyl (C=O) groups is 2. The van der Waals surface area contributed by atoms with Crippen LogP contribution in [0.25, 0.3) is 5.82 Å². The smallest absolute Gasteiger partial charge is 0.274 e. The quantitative estimate of drug-likeness (QED) is 0.257. The minimum atomic E-state index is -0.534. The lowest BCUT2D eigenvalue weighted by atomic mass is 10.00. The highest BCUT2D eigenvalue weighted by Gasteiger charge is 2.24. The van der Waals surface area contributed by atoms with Gasteiger partial charge in [0, 0.05) is 42.4 Å². The van der Waals surface area contributed by atoms with Crippen molar-refractivity contribution < 1.29 is 19.1 Å². The molecular formula is C27H25Cl2N5O4S. The first-order chi connectivity index (χ1) is 18.9. The van der Waals surface area contributed by atoms with E-state index in [1.165, 1.54) is 22.1 Å². The molecule has 39 heavy (non-hydrogen) atoms. The minimum Gasteiger partial charge on any atom is -0.437 e. The lowest BCUT2D eigenvalue weighted by molar-refractivity contribution is 0.0643. The van der Waals surface area contributed by atoms with E-state index in [1.54, 1.807) is 43.5 Å². The third-order valence-corrected chi connectivity index (χ3v) is 7.43. The molecule has 2 amide bonds. The molecule has 0 spiro atoms. The van der Waals surface area contributed by atoms with E-state index in [1.807, 2.05) is 10.8 Å². The Morgan fingerprint density at radius 1 is 1.18 bits per heavy atom. The molecule has 1 aliphatic rings. The van der Waals surface area contributed by atoms with E-state index in [0.717, 1.165) is 12.8 Å². The van der Waals surface area contributed by atoms with Crippen LogP contribution in [0.1, 0.15) is 39.3 Å². The van der Waals surface area contributed by atoms with Crippen LogP contribution in [0.5, 0.6) is 11.6 Å². The molecule has 0 radical (unpaired) electrons. The van der Waals surface area contributed by atoms with Crippen molar-refractivity contribution in [3.05, 3.63) is 80.2 Å². The summed E-state index contributed by atoms with van der Waals surface area (Å²) in [5, 5.41) is 14.7. The first kappa shape index (κ1) is 27.1. The van der Waals surface area contributed by atoms with Gasteiger partial charge in [-0.15, -0.1) is 16.4 Å². The minimum absolute atomic E-state index is 0.115. The van der Waals surface area contributed by atoms with Crippen LogP contribution in [0.3, 0.4) is 0 Å². The number of aromatic nitrogens is 3. The van der Waals surface area contributed by atoms with Crippen LogP contribution >= 0.6 is 34.5 Å². The largest absolute Gasteiger partial charge is 0.437 e. The van der Waals surface area contributed by atoms with Crippen molar-refractivity contribution in [2.45, 2.75) is 19.8 Å². The third kappa shape index (κ3) is 6.42. The molecule has 2 N–H and O–H groups in total. The summed E-state index contributed by atoms with van der Waals surface area (Å²) in [5.41, 5.74) is 1.35. The van der Waals surface area contributed by atoms with Gasteiger partial charge in [0.25, 0.3) is 11.8 Å². The molecule has 4 heterocycles. The molecule has 1 saturated heterocycles. The Balaban J connectivity index is 1.44. The Hall–Kier alpha value is -3.44. The number of anilines is 1. The Morgan fingerprint density at radius 3 is 2.74 bits per heavy atom. The summed E-state index contributed by atoms with van der Waals surface area (Å²) in [7, 11) is 0. The first-order valence-electron chi connectivity index (χ1n) is 12.3. The van der Waals surface area contributed by atoms with Gasteiger partial charge in [0.05, 0.1) is 16.3 Å². The number of halogens is 2. The van der Waals surface area contributed by atoms with Crippen molar-refractivity contribution in [2.75, 3.05) is 25.1 Å². The molecule has 3 aromatic heterocycles. The molecule has 9 nitrogen and oxygen atoms in total. The zero-order valence-corrected chi connectivity index (χ0v) is 23.3. The van der Waals surface area contributed by atoms with E-state index in [4.69, 9.17) is 32.7 Å². The van der Waals surface area contributed by atoms with E-state index in [-0.39, 0.29) is 28.9 Å². The van der Waals surface area contributed by atoms with Gasteiger partial charge in [-0.1, -0.05) is 23.2 Å². The fraction of sp³-hybridized carbons (Fsp3) is 0.259. The van der Waals surface area contributed by atoms with Crippen molar-refractivity contribution in [1.29, 1.82) is 0 Å². The topological polar surface area (TPSA) is 107 Å². The summed E-state index contributed by atoms with van der Waals surface area (Å²) in [6.45, 7) is 3.65. The van der Waals surface area contributed by atoms with E-state index in [0.29, 0.717) is 52.7 Å². The molecule has 1 fully saturated rings. The molecule has 4 aromatic rings. The number of ether oxygens (including phenoxy) is 2. The second-order valence-electron chi connectivity index (χ2n) is 9.01. The van der Waals surface area contributed by atoms with Crippen LogP contribution in [0.15, 0.2) is 53.4 Å². The zero-order chi connectivity index (χ0) is 27.4. The number of carbonyl (C=O) groups excluding carboxylic acids is 2. The van der Waals surface area contributed by atoms with Gasteiger partial charge in [0.15, 0.2) is 5.82 Å². The normalized spacial score (nSPS) is 13.7. The number of nitrogens with one attached hydrogen (secondary N) is 2. The Labute approximate surface area is 239 Å². The number of hydrogen-bond donors (Lipinski definition) is 2. The highest BCUT2D eigenvalue weighted by atomic mass is 35.5. The third-order valence-electron chi connectivity index (χ3n) is 6.25. The molecule has 5 rings (SSSR count). The summed E-state index contributed by atoms with van der Waals surface area (Å²) in [5.74, 6) is 0.494. The van der Waals surface area contributed by atoms with E-state index in [2.05, 4.69) is 20.7 Å². The second kappa shape index (κ2) is 12.2. The summed E-state index contributed by atoms with van der Waals surface area (Å²) in [6, 6.07) is 9.84. The fourth-order valence-electron chi connectivity index (χ4n) is 4.24. The van der Waals surface area contributed by atoms with Gasteiger partial charge in [-0.3, -0.25) is 9.59 Å². The number of hydrogen-bond acceptors (Lipinski definition) is 7. The summed E-state index contributed by atoms with van der Waals surface area (Å²) in [6.07, 6.45) is 3.32. The Morgan fingerprint density at radius 2 is 2.00 bits per heavy atom. The van der Waals surface area contributed by atoms with Gasteiger partial charge in [-0.2, -0.15) is 0 Å². The van der Waals surface area contributed by atoms with E-state index < -0.39 is 5.91 Å². The highest BCUT2D eigenvalue weighted by molar-refractivity contribution is 7.08. The summed E-state index contributed by atoms with van der Waals surface area (Å²) < 4.78 is 12.5. The van der Waals surface area contributed by atoms with Crippen LogP contribution in [-0.4, -0.2) is 46.3 Å². The van der Waals surface area contributed by atoms with Gasteiger partial charge < -0.3 is 20.1 Å². The van der Waals surface area contributed by atoms with Gasteiger partial charge in [-0.25, -0.2) is 9.67 Å². The molecule has 1 aromatic carbocycles. The Kier molecular flexibility index (Phi) is 8.47. The van der Waals surface area contributed by atoms with Gasteiger partial charge in [0.1, 0.15) is 11.4 Å². The predicted octanol–water partition coefficient (Wildman–Crippen LogP) is 6.15. The maximum atomic E-state index is 13.7. The van der Waals surface area contributed by atoms with Gasteiger partial charge >= 0.3 is 0 Å².